The van der Waals surface area contributed by atoms with Gasteiger partial charge in [-0.2, -0.15) is 0 Å². The highest BCUT2D eigenvalue weighted by atomic mass is 16.8. The average Bonchev–Trinajstić information content (AvgIpc) is 3.77. The molecule has 4 saturated heterocycles. The maximum atomic E-state index is 12.6. The largest absolute Gasteiger partial charge is 0.458 e. The molecule has 0 unspecified atom stereocenters. The summed E-state index contributed by atoms with van der Waals surface area (Å²) >= 11 is 0. The van der Waals surface area contributed by atoms with Gasteiger partial charge in [-0.3, -0.25) is 0 Å². The van der Waals surface area contributed by atoms with Crippen molar-refractivity contribution in [2.45, 2.75) is 228 Å². The second-order valence-corrected chi connectivity index (χ2v) is 21.7. The van der Waals surface area contributed by atoms with Crippen LogP contribution in [0.15, 0.2) is 11.6 Å². The van der Waals surface area contributed by atoms with E-state index in [2.05, 4.69) is 13.8 Å². The van der Waals surface area contributed by atoms with Gasteiger partial charge in [-0.25, -0.2) is 4.79 Å². The minimum atomic E-state index is -1.65. The SMILES string of the molecule is C[C@H]1O[C@@H](O[C@H]2CC[C@]3(C)[C@@H](CC[C@@H]4[C@H]3CC[C@@]3(C)[C@H](C5=CC(=O)OC5)[C@@H](O)C[C@@]43O)C2)C[C@@H](O)[C@@H]1O[C@H]1C[C@@H](O)[C@H](O[C@H]2C[C@@H](O)[C@H](O[C@H]3O[C@@H](CO)[C@H](O)[C@@H](O)[C@@H]3O)[C@@H](C)O2)[C@@H](C)O1. The number of carbonyl (C=O) groups excluding carboxylic acids is 1. The van der Waals surface area contributed by atoms with Gasteiger partial charge in [0.2, 0.25) is 0 Å². The second-order valence-electron chi connectivity index (χ2n) is 21.7. The van der Waals surface area contributed by atoms with Crippen molar-refractivity contribution in [2.75, 3.05) is 13.2 Å². The van der Waals surface area contributed by atoms with Crippen molar-refractivity contribution in [3.8, 4) is 0 Å². The molecule has 0 amide bonds. The van der Waals surface area contributed by atoms with Crippen molar-refractivity contribution < 1.29 is 93.4 Å². The fourth-order valence-corrected chi connectivity index (χ4v) is 14.4. The van der Waals surface area contributed by atoms with Crippen LogP contribution in [0.25, 0.3) is 0 Å². The minimum Gasteiger partial charge on any atom is -0.458 e. The maximum Gasteiger partial charge on any atom is 0.331 e. The molecule has 4 saturated carbocycles. The molecule has 5 heterocycles. The highest BCUT2D eigenvalue weighted by Crippen LogP contribution is 2.70. The summed E-state index contributed by atoms with van der Waals surface area (Å²) < 4.78 is 53.9. The average molecular weight is 943 g/mol. The van der Waals surface area contributed by atoms with Crippen LogP contribution in [0.3, 0.4) is 0 Å². The molecule has 66 heavy (non-hydrogen) atoms. The molecule has 0 aromatic heterocycles. The van der Waals surface area contributed by atoms with Crippen molar-refractivity contribution in [1.29, 1.82) is 0 Å². The third kappa shape index (κ3) is 8.75. The van der Waals surface area contributed by atoms with Crippen LogP contribution in [0, 0.1) is 34.5 Å². The van der Waals surface area contributed by atoms with E-state index in [1.165, 1.54) is 6.08 Å². The van der Waals surface area contributed by atoms with Crippen molar-refractivity contribution in [2.24, 2.45) is 34.5 Å². The molecule has 376 valence electrons. The van der Waals surface area contributed by atoms with Crippen LogP contribution in [0.2, 0.25) is 0 Å². The fourth-order valence-electron chi connectivity index (χ4n) is 14.4. The predicted molar refractivity (Wildman–Crippen MR) is 225 cm³/mol. The Labute approximate surface area is 385 Å². The molecule has 19 heteroatoms. The third-order valence-electron chi connectivity index (χ3n) is 17.9. The van der Waals surface area contributed by atoms with Crippen molar-refractivity contribution >= 4 is 5.97 Å². The number of aliphatic hydroxyl groups excluding tert-OH is 8. The summed E-state index contributed by atoms with van der Waals surface area (Å²) in [6, 6.07) is 0. The highest BCUT2D eigenvalue weighted by Gasteiger charge is 2.70. The topological polar surface area (TPSA) is 282 Å². The monoisotopic (exact) mass is 942 g/mol. The molecule has 26 atom stereocenters. The van der Waals surface area contributed by atoms with Crippen LogP contribution >= 0.6 is 0 Å². The molecule has 0 aromatic rings. The van der Waals surface area contributed by atoms with Crippen molar-refractivity contribution in [1.82, 2.24) is 0 Å². The van der Waals surface area contributed by atoms with Gasteiger partial charge >= 0.3 is 5.97 Å². The van der Waals surface area contributed by atoms with E-state index < -0.39 is 128 Å². The molecule has 4 aliphatic carbocycles. The van der Waals surface area contributed by atoms with E-state index in [1.807, 2.05) is 6.92 Å². The third-order valence-corrected chi connectivity index (χ3v) is 17.9. The molecule has 8 fully saturated rings. The summed E-state index contributed by atoms with van der Waals surface area (Å²) in [6.07, 6.45) is -10.5. The Bertz CT molecular complexity index is 1720. The van der Waals surface area contributed by atoms with Crippen molar-refractivity contribution in [3.05, 3.63) is 11.6 Å². The number of esters is 1. The second kappa shape index (κ2) is 18.9. The van der Waals surface area contributed by atoms with Crippen LogP contribution in [0.4, 0.5) is 0 Å². The number of cyclic esters (lactones) is 1. The first kappa shape index (κ1) is 49.5. The van der Waals surface area contributed by atoms with Crippen LogP contribution in [-0.4, -0.2) is 187 Å². The van der Waals surface area contributed by atoms with Gasteiger partial charge in [0, 0.05) is 43.1 Å². The predicted octanol–water partition coefficient (Wildman–Crippen LogP) is 0.0423. The van der Waals surface area contributed by atoms with Gasteiger partial charge in [-0.1, -0.05) is 13.8 Å². The molecule has 19 nitrogen and oxygen atoms in total. The van der Waals surface area contributed by atoms with Crippen molar-refractivity contribution in [3.63, 3.8) is 0 Å². The lowest BCUT2D eigenvalue weighted by Crippen LogP contribution is -2.62. The Morgan fingerprint density at radius 2 is 1.23 bits per heavy atom. The van der Waals surface area contributed by atoms with E-state index in [0.29, 0.717) is 18.3 Å². The van der Waals surface area contributed by atoms with E-state index in [4.69, 9.17) is 42.6 Å². The van der Waals surface area contributed by atoms with Crippen LogP contribution in [0.1, 0.15) is 105 Å². The number of aliphatic hydroxyl groups is 9. The first-order valence-electron chi connectivity index (χ1n) is 24.4. The van der Waals surface area contributed by atoms with E-state index in [-0.39, 0.29) is 55.2 Å². The number of ether oxygens (including phenoxy) is 9. The smallest absolute Gasteiger partial charge is 0.331 e. The summed E-state index contributed by atoms with van der Waals surface area (Å²) in [5.41, 5.74) is -0.783. The number of rotatable bonds is 10. The maximum absolute atomic E-state index is 12.6. The van der Waals surface area contributed by atoms with E-state index in [1.54, 1.807) is 13.8 Å². The van der Waals surface area contributed by atoms with Gasteiger partial charge in [-0.05, 0) is 94.5 Å². The Hall–Kier alpha value is -1.47. The summed E-state index contributed by atoms with van der Waals surface area (Å²) in [5.74, 6) is 0.0525. The van der Waals surface area contributed by atoms with Crippen LogP contribution < -0.4 is 0 Å². The van der Waals surface area contributed by atoms with E-state index >= 15 is 0 Å². The van der Waals surface area contributed by atoms with Crippen LogP contribution in [-0.2, 0) is 47.4 Å². The minimum absolute atomic E-state index is 0.000750. The number of carbonyl (C=O) groups is 1. The molecule has 9 N–H and O–H groups in total. The normalized spacial score (nSPS) is 55.3. The fraction of sp³-hybridized carbons (Fsp3) is 0.936. The quantitative estimate of drug-likeness (QED) is 0.103. The number of hydrogen-bond acceptors (Lipinski definition) is 19. The van der Waals surface area contributed by atoms with Gasteiger partial charge in [0.25, 0.3) is 0 Å². The summed E-state index contributed by atoms with van der Waals surface area (Å²) in [6.45, 7) is 9.20. The van der Waals surface area contributed by atoms with E-state index in [9.17, 15) is 50.8 Å². The zero-order valence-corrected chi connectivity index (χ0v) is 38.7. The first-order chi connectivity index (χ1) is 31.2. The molecule has 0 radical (unpaired) electrons. The van der Waals surface area contributed by atoms with E-state index in [0.717, 1.165) is 50.5 Å². The Balaban J connectivity index is 0.735. The lowest BCUT2D eigenvalue weighted by Gasteiger charge is -2.63. The first-order valence-corrected chi connectivity index (χ1v) is 24.4. The summed E-state index contributed by atoms with van der Waals surface area (Å²) in [5, 5.41) is 97.9. The van der Waals surface area contributed by atoms with Gasteiger partial charge < -0.3 is 88.6 Å². The lowest BCUT2D eigenvalue weighted by molar-refractivity contribution is -0.355. The lowest BCUT2D eigenvalue weighted by atomic mass is 9.43. The Kier molecular flexibility index (Phi) is 14.2. The molecule has 9 aliphatic rings. The Morgan fingerprint density at radius 1 is 0.652 bits per heavy atom. The van der Waals surface area contributed by atoms with Gasteiger partial charge in [0.15, 0.2) is 25.2 Å². The zero-order valence-electron chi connectivity index (χ0n) is 38.7. The molecule has 0 aromatic carbocycles. The molecular formula is C47H74O19. The zero-order chi connectivity index (χ0) is 47.2. The molecular weight excluding hydrogens is 868 g/mol. The highest BCUT2D eigenvalue weighted by molar-refractivity contribution is 5.85. The van der Waals surface area contributed by atoms with Gasteiger partial charge in [0.1, 0.15) is 49.3 Å². The number of hydrogen-bond donors (Lipinski definition) is 9. The molecule has 5 aliphatic heterocycles. The molecule has 9 rings (SSSR count). The molecule has 0 spiro atoms. The summed E-state index contributed by atoms with van der Waals surface area (Å²) in [4.78, 5) is 12.0. The van der Waals surface area contributed by atoms with Crippen LogP contribution in [0.5, 0.6) is 0 Å². The Morgan fingerprint density at radius 3 is 1.77 bits per heavy atom. The summed E-state index contributed by atoms with van der Waals surface area (Å²) in [7, 11) is 0. The standard InChI is InChI=1S/C47H74O19/c1-20-41(64-35-15-29(50)42(21(2)60-35)65-36-16-30(51)43(22(3)61-36)66-44-40(56)39(55)38(54)32(18-48)63-44)28(49)14-34(59-20)62-25-8-10-45(4)24(13-25)6-7-27-26(45)9-11-46(5)37(23-12-33(53)58-19-23)31(52)17-47(27,46)57/h12,20-22,24-32,34-44,48-52,54-57H,6-11,13-19H2,1-5H3/t20-,21-,22-,24+,25+,26-,27-,28-,29-,30-,31+,32+,34+,35+,36+,37-,38+,39-,40+,41-,42-,43-,44-,45-,46+,47-/m1/s1. The van der Waals surface area contributed by atoms with Gasteiger partial charge in [0.05, 0.1) is 61.0 Å². The van der Waals surface area contributed by atoms with Gasteiger partial charge in [-0.15, -0.1) is 0 Å². The molecule has 0 bridgehead atoms. The number of fused-ring (bicyclic) bond motifs is 5.